The Kier molecular flexibility index (Phi) is 5.97. The van der Waals surface area contributed by atoms with Gasteiger partial charge in [-0.15, -0.1) is 0 Å². The van der Waals surface area contributed by atoms with Crippen LogP contribution in [0.25, 0.3) is 0 Å². The van der Waals surface area contributed by atoms with E-state index in [1.54, 1.807) is 18.2 Å². The maximum absolute atomic E-state index is 13.9. The number of hydrogen-bond donors (Lipinski definition) is 2. The van der Waals surface area contributed by atoms with Gasteiger partial charge in [0.05, 0.1) is 26.2 Å². The summed E-state index contributed by atoms with van der Waals surface area (Å²) in [5.41, 5.74) is 2.61. The summed E-state index contributed by atoms with van der Waals surface area (Å²) >= 11 is 3.19. The number of nitrogens with one attached hydrogen (secondary N) is 2. The van der Waals surface area contributed by atoms with Crippen molar-refractivity contribution in [3.8, 4) is 0 Å². The van der Waals surface area contributed by atoms with E-state index in [1.807, 2.05) is 36.4 Å². The van der Waals surface area contributed by atoms with Crippen molar-refractivity contribution in [2.75, 3.05) is 36.4 Å². The highest BCUT2D eigenvalue weighted by molar-refractivity contribution is 9.10. The van der Waals surface area contributed by atoms with Crippen molar-refractivity contribution in [1.29, 1.82) is 0 Å². The third-order valence-electron chi connectivity index (χ3n) is 5.16. The number of nitrogens with zero attached hydrogens (tertiary/aromatic N) is 1. The van der Waals surface area contributed by atoms with Gasteiger partial charge in [0.2, 0.25) is 0 Å². The first-order chi connectivity index (χ1) is 14.1. The third-order valence-corrected chi connectivity index (χ3v) is 5.58. The van der Waals surface area contributed by atoms with Gasteiger partial charge in [-0.25, -0.2) is 4.39 Å². The zero-order chi connectivity index (χ0) is 20.2. The maximum atomic E-state index is 13.9. The minimum atomic E-state index is -0.284. The van der Waals surface area contributed by atoms with Gasteiger partial charge in [-0.1, -0.05) is 18.2 Å². The Morgan fingerprint density at radius 2 is 1.79 bits per heavy atom. The van der Waals surface area contributed by atoms with E-state index < -0.39 is 0 Å². The van der Waals surface area contributed by atoms with Crippen molar-refractivity contribution in [1.82, 2.24) is 0 Å². The summed E-state index contributed by atoms with van der Waals surface area (Å²) < 4.78 is 19.7. The average molecular weight is 459 g/mol. The Morgan fingerprint density at radius 1 is 1.07 bits per heavy atom. The van der Waals surface area contributed by atoms with Gasteiger partial charge in [-0.3, -0.25) is 4.79 Å². The summed E-state index contributed by atoms with van der Waals surface area (Å²) in [5, 5.41) is 2.83. The molecule has 1 amide bonds. The van der Waals surface area contributed by atoms with Crippen molar-refractivity contribution in [2.24, 2.45) is 0 Å². The molecule has 0 spiro atoms. The first-order valence-electron chi connectivity index (χ1n) is 9.57. The van der Waals surface area contributed by atoms with Crippen LogP contribution in [-0.2, 0) is 6.54 Å². The Labute approximate surface area is 177 Å². The Bertz CT molecular complexity index is 982. The van der Waals surface area contributed by atoms with E-state index in [0.717, 1.165) is 43.1 Å². The molecule has 1 aliphatic rings. The summed E-state index contributed by atoms with van der Waals surface area (Å²) in [4.78, 5) is 15.9. The van der Waals surface area contributed by atoms with Gasteiger partial charge in [0, 0.05) is 16.9 Å². The Morgan fingerprint density at radius 3 is 2.45 bits per heavy atom. The second-order valence-electron chi connectivity index (χ2n) is 7.11. The predicted octanol–water partition coefficient (Wildman–Crippen LogP) is 3.34. The van der Waals surface area contributed by atoms with Crippen LogP contribution in [0.4, 0.5) is 15.8 Å². The molecule has 1 fully saturated rings. The Hall–Kier alpha value is -2.64. The monoisotopic (exact) mass is 458 g/mol. The average Bonchev–Trinajstić information content (AvgIpc) is 3.17. The standard InChI is InChI=1S/C22H21BrFN3O2/c23-21-10-9-20(29-21)22(28)25-17-5-7-18(8-6-17)27-13-11-26(12-14-27)15-16-3-1-2-4-19(16)24/h1-10H,11-15H2,(H,25,28)/p+1. The lowest BCUT2D eigenvalue weighted by molar-refractivity contribution is -0.914. The van der Waals surface area contributed by atoms with Crippen LogP contribution in [0.15, 0.2) is 69.8 Å². The minimum absolute atomic E-state index is 0.123. The quantitative estimate of drug-likeness (QED) is 0.616. The topological polar surface area (TPSA) is 49.9 Å². The molecule has 0 atom stereocenters. The molecule has 2 heterocycles. The Balaban J connectivity index is 1.31. The first-order valence-corrected chi connectivity index (χ1v) is 10.4. The molecule has 2 aromatic carbocycles. The van der Waals surface area contributed by atoms with E-state index >= 15 is 0 Å². The van der Waals surface area contributed by atoms with E-state index in [4.69, 9.17) is 4.42 Å². The number of rotatable bonds is 5. The summed E-state index contributed by atoms with van der Waals surface area (Å²) in [6.07, 6.45) is 0. The molecule has 1 aromatic heterocycles. The zero-order valence-corrected chi connectivity index (χ0v) is 17.4. The molecule has 1 saturated heterocycles. The van der Waals surface area contributed by atoms with E-state index in [9.17, 15) is 9.18 Å². The zero-order valence-electron chi connectivity index (χ0n) is 15.8. The van der Waals surface area contributed by atoms with Gasteiger partial charge < -0.3 is 19.5 Å². The summed E-state index contributed by atoms with van der Waals surface area (Å²) in [5.74, 6) is -0.148. The molecule has 1 aliphatic heterocycles. The second kappa shape index (κ2) is 8.80. The van der Waals surface area contributed by atoms with Crippen LogP contribution in [0.5, 0.6) is 0 Å². The van der Waals surface area contributed by atoms with Crippen LogP contribution in [0.1, 0.15) is 16.1 Å². The van der Waals surface area contributed by atoms with Crippen LogP contribution in [0.2, 0.25) is 0 Å². The highest BCUT2D eigenvalue weighted by atomic mass is 79.9. The normalized spacial score (nSPS) is 14.8. The number of hydrogen-bond acceptors (Lipinski definition) is 3. The number of carbonyl (C=O) groups is 1. The van der Waals surface area contributed by atoms with Crippen LogP contribution >= 0.6 is 15.9 Å². The van der Waals surface area contributed by atoms with Crippen molar-refractivity contribution in [3.63, 3.8) is 0 Å². The summed E-state index contributed by atoms with van der Waals surface area (Å²) in [6, 6.07) is 18.1. The van der Waals surface area contributed by atoms with Gasteiger partial charge in [0.15, 0.2) is 10.4 Å². The van der Waals surface area contributed by atoms with Gasteiger partial charge >= 0.3 is 0 Å². The predicted molar refractivity (Wildman–Crippen MR) is 114 cm³/mol. The molecule has 29 heavy (non-hydrogen) atoms. The molecule has 4 rings (SSSR count). The molecule has 0 bridgehead atoms. The van der Waals surface area contributed by atoms with Crippen LogP contribution in [0.3, 0.4) is 0 Å². The number of benzene rings is 2. The molecule has 7 heteroatoms. The summed E-state index contributed by atoms with van der Waals surface area (Å²) in [7, 11) is 0. The van der Waals surface area contributed by atoms with Crippen LogP contribution in [0, 0.1) is 5.82 Å². The second-order valence-corrected chi connectivity index (χ2v) is 7.89. The smallest absolute Gasteiger partial charge is 0.291 e. The third kappa shape index (κ3) is 4.86. The van der Waals surface area contributed by atoms with E-state index in [1.165, 1.54) is 11.0 Å². The maximum Gasteiger partial charge on any atom is 0.291 e. The molecule has 0 unspecified atom stereocenters. The van der Waals surface area contributed by atoms with E-state index in [-0.39, 0.29) is 17.5 Å². The molecule has 3 aromatic rings. The number of piperazine rings is 1. The fraction of sp³-hybridized carbons (Fsp3) is 0.227. The highest BCUT2D eigenvalue weighted by Crippen LogP contribution is 2.20. The van der Waals surface area contributed by atoms with Crippen molar-refractivity contribution < 1.29 is 18.5 Å². The molecule has 0 saturated carbocycles. The fourth-order valence-corrected chi connectivity index (χ4v) is 3.86. The van der Waals surface area contributed by atoms with Crippen molar-refractivity contribution in [2.45, 2.75) is 6.54 Å². The lowest BCUT2D eigenvalue weighted by Crippen LogP contribution is -3.13. The number of anilines is 2. The van der Waals surface area contributed by atoms with Crippen molar-refractivity contribution in [3.05, 3.63) is 82.5 Å². The van der Waals surface area contributed by atoms with Crippen LogP contribution < -0.4 is 15.1 Å². The lowest BCUT2D eigenvalue weighted by atomic mass is 10.1. The number of halogens is 2. The number of carbonyl (C=O) groups excluding carboxylic acids is 1. The number of furan rings is 1. The summed E-state index contributed by atoms with van der Waals surface area (Å²) in [6.45, 7) is 4.46. The fourth-order valence-electron chi connectivity index (χ4n) is 3.55. The molecular weight excluding hydrogens is 437 g/mol. The van der Waals surface area contributed by atoms with Gasteiger partial charge in [0.25, 0.3) is 5.91 Å². The number of amides is 1. The van der Waals surface area contributed by atoms with E-state index in [0.29, 0.717) is 11.2 Å². The van der Waals surface area contributed by atoms with Crippen molar-refractivity contribution >= 4 is 33.2 Å². The van der Waals surface area contributed by atoms with Gasteiger partial charge in [-0.2, -0.15) is 0 Å². The van der Waals surface area contributed by atoms with Crippen LogP contribution in [-0.4, -0.2) is 32.1 Å². The molecule has 5 nitrogen and oxygen atoms in total. The molecule has 0 radical (unpaired) electrons. The number of quaternary nitrogens is 1. The molecule has 2 N–H and O–H groups in total. The first kappa shape index (κ1) is 19.7. The van der Waals surface area contributed by atoms with Gasteiger partial charge in [0.1, 0.15) is 12.4 Å². The minimum Gasteiger partial charge on any atom is -0.444 e. The molecule has 150 valence electrons. The molecule has 0 aliphatic carbocycles. The molecular formula is C22H22BrFN3O2+. The lowest BCUT2D eigenvalue weighted by Gasteiger charge is -2.33. The highest BCUT2D eigenvalue weighted by Gasteiger charge is 2.21. The van der Waals surface area contributed by atoms with E-state index in [2.05, 4.69) is 26.1 Å². The largest absolute Gasteiger partial charge is 0.444 e. The SMILES string of the molecule is O=C(Nc1ccc(N2CC[NH+](Cc3ccccc3F)CC2)cc1)c1ccc(Br)o1. The van der Waals surface area contributed by atoms with Gasteiger partial charge in [-0.05, 0) is 58.4 Å².